The molecule has 2 aromatic carbocycles. The summed E-state index contributed by atoms with van der Waals surface area (Å²) in [6.07, 6.45) is 7.79. The van der Waals surface area contributed by atoms with Crippen LogP contribution in [0.25, 0.3) is 43.6 Å². The maximum absolute atomic E-state index is 12.4. The Balaban J connectivity index is 0.00000109. The number of pyridine rings is 4. The third kappa shape index (κ3) is 27.5. The largest absolute Gasteiger partial charge is 3.00 e. The molecule has 6 rings (SSSR count). The summed E-state index contributed by atoms with van der Waals surface area (Å²) >= 11 is 0. The van der Waals surface area contributed by atoms with Gasteiger partial charge in [-0.2, -0.15) is 0 Å². The summed E-state index contributed by atoms with van der Waals surface area (Å²) in [5.74, 6) is -0.775. The topological polar surface area (TPSA) is 439 Å². The maximum atomic E-state index is 12.4. The molecule has 25 nitrogen and oxygen atoms in total. The van der Waals surface area contributed by atoms with Crippen molar-refractivity contribution in [2.75, 3.05) is 33.3 Å². The number of aliphatic hydroxyl groups is 1. The summed E-state index contributed by atoms with van der Waals surface area (Å²) in [5, 5.41) is 36.8. The third-order valence-electron chi connectivity index (χ3n) is 9.23. The van der Waals surface area contributed by atoms with E-state index >= 15 is 0 Å². The minimum absolute atomic E-state index is 0. The molecule has 6 aromatic rings. The molecule has 0 aliphatic carbocycles. The van der Waals surface area contributed by atoms with Crippen molar-refractivity contribution in [1.82, 2.24) is 41.2 Å². The molecule has 397 valence electrons. The molecule has 5 N–H and O–H groups in total. The molecule has 0 saturated heterocycles. The maximum Gasteiger partial charge on any atom is 3.00 e. The molecule has 4 amide bonds. The number of unbranched alkanes of at least 4 members (excludes halogenated alkanes) is 4. The van der Waals surface area contributed by atoms with Crippen molar-refractivity contribution in [2.24, 2.45) is 0 Å². The van der Waals surface area contributed by atoms with Crippen molar-refractivity contribution in [3.63, 3.8) is 0 Å². The van der Waals surface area contributed by atoms with E-state index in [1.165, 1.54) is 0 Å². The summed E-state index contributed by atoms with van der Waals surface area (Å²) in [6.45, 7) is 10.8. The van der Waals surface area contributed by atoms with Gasteiger partial charge in [0.1, 0.15) is 22.8 Å². The minimum Gasteiger partial charge on any atom is -0.400 e. The summed E-state index contributed by atoms with van der Waals surface area (Å²) in [6, 6.07) is 22.1. The number of amides is 4. The van der Waals surface area contributed by atoms with E-state index in [9.17, 15) is 19.2 Å². The van der Waals surface area contributed by atoms with Crippen LogP contribution in [0.1, 0.15) is 121 Å². The first kappa shape index (κ1) is 67.7. The monoisotopic (exact) mass is 1200 g/mol. The van der Waals surface area contributed by atoms with E-state index in [1.54, 1.807) is 24.3 Å². The predicted octanol–water partition coefficient (Wildman–Crippen LogP) is -2.46. The summed E-state index contributed by atoms with van der Waals surface area (Å²) in [7, 11) is -8.89. The van der Waals surface area contributed by atoms with Crippen molar-refractivity contribution in [1.29, 1.82) is 0 Å². The third-order valence-corrected chi connectivity index (χ3v) is 9.23. The van der Waals surface area contributed by atoms with Gasteiger partial charge >= 0.3 is 40.4 Å². The molecular formula is C45H56Cl2N9O16Sm. The van der Waals surface area contributed by atoms with Crippen LogP contribution in [0.2, 0.25) is 0 Å². The first-order valence-corrected chi connectivity index (χ1v) is 24.5. The molecule has 0 atom stereocenters. The summed E-state index contributed by atoms with van der Waals surface area (Å²) in [5.41, 5.74) is 3.94. The van der Waals surface area contributed by atoms with Crippen LogP contribution in [0.4, 0.5) is 0 Å². The number of carbonyl (C=O) groups excluding carboxylic acids is 4. The normalized spacial score (nSPS) is 10.4. The Bertz CT molecular complexity index is 2330. The molecule has 0 unspecified atom stereocenters. The minimum atomic E-state index is -4.94. The second-order valence-corrected chi connectivity index (χ2v) is 16.1. The van der Waals surface area contributed by atoms with Crippen LogP contribution >= 0.6 is 0 Å². The second kappa shape index (κ2) is 35.8. The number of hydrogen-bond donors (Lipinski definition) is 5. The van der Waals surface area contributed by atoms with Crippen LogP contribution < -0.4 is 58.5 Å². The van der Waals surface area contributed by atoms with Gasteiger partial charge in [-0.1, -0.05) is 102 Å². The van der Waals surface area contributed by atoms with Gasteiger partial charge in [-0.3, -0.25) is 19.2 Å². The number of benzene rings is 2. The molecule has 0 bridgehead atoms. The first-order valence-electron chi connectivity index (χ1n) is 22.0. The average molecular weight is 1200 g/mol. The molecule has 0 aliphatic rings. The Morgan fingerprint density at radius 2 is 0.575 bits per heavy atom. The summed E-state index contributed by atoms with van der Waals surface area (Å²) in [4.78, 5) is 75.9. The molecular weight excluding hydrogens is 1140 g/mol. The zero-order valence-corrected chi connectivity index (χ0v) is 44.5. The van der Waals surface area contributed by atoms with Crippen LogP contribution in [0.5, 0.6) is 0 Å². The van der Waals surface area contributed by atoms with Crippen molar-refractivity contribution in [2.45, 2.75) is 79.1 Å². The Morgan fingerprint density at radius 3 is 0.726 bits per heavy atom. The van der Waals surface area contributed by atoms with Gasteiger partial charge in [0.25, 0.3) is 23.6 Å². The predicted molar refractivity (Wildman–Crippen MR) is 242 cm³/mol. The van der Waals surface area contributed by atoms with E-state index in [1.807, 2.05) is 48.5 Å². The van der Waals surface area contributed by atoms with Gasteiger partial charge < -0.3 is 41.7 Å². The van der Waals surface area contributed by atoms with Gasteiger partial charge in [0.05, 0.1) is 27.2 Å². The number of rotatable bonds is 16. The van der Waals surface area contributed by atoms with Crippen LogP contribution in [0.15, 0.2) is 72.8 Å². The molecule has 73 heavy (non-hydrogen) atoms. The second-order valence-electron chi connectivity index (χ2n) is 14.6. The number of aromatic nitrogens is 4. The van der Waals surface area contributed by atoms with Crippen molar-refractivity contribution in [3.8, 4) is 0 Å². The molecule has 4 aromatic heterocycles. The number of fused-ring (bicyclic) bond motifs is 6. The number of carbonyl (C=O) groups is 4. The smallest absolute Gasteiger partial charge is 0.400 e. The van der Waals surface area contributed by atoms with E-state index in [0.29, 0.717) is 71.0 Å². The molecule has 0 fully saturated rings. The van der Waals surface area contributed by atoms with Gasteiger partial charge in [-0.05, 0) is 49.9 Å². The zero-order valence-electron chi connectivity index (χ0n) is 40.4. The fraction of sp³-hybridized carbons (Fsp3) is 0.378. The summed E-state index contributed by atoms with van der Waals surface area (Å²) < 4.78 is 67.9. The van der Waals surface area contributed by atoms with E-state index < -0.39 is 25.6 Å². The average Bonchev–Trinajstić information content (AvgIpc) is 3.33. The first-order chi connectivity index (χ1) is 34.0. The number of nitrogens with one attached hydrogen (secondary N) is 4. The number of halogens is 2. The van der Waals surface area contributed by atoms with Gasteiger partial charge in [0.15, 0.2) is 0 Å². The van der Waals surface area contributed by atoms with Crippen molar-refractivity contribution >= 4 is 67.2 Å². The van der Waals surface area contributed by atoms with E-state index in [4.69, 9.17) is 57.7 Å². The molecule has 0 spiro atoms. The van der Waals surface area contributed by atoms with Gasteiger partial charge in [0.2, 0.25) is 0 Å². The van der Waals surface area contributed by atoms with Crippen LogP contribution in [-0.4, -0.2) is 87.0 Å². The molecule has 0 saturated carbocycles. The quantitative estimate of drug-likeness (QED) is 0.0290. The Kier molecular flexibility index (Phi) is 33.2. The Hall–Kier alpha value is -5.28. The zero-order chi connectivity index (χ0) is 54.4. The van der Waals surface area contributed by atoms with Crippen LogP contribution in [0.3, 0.4) is 0 Å². The Labute approximate surface area is 456 Å². The molecule has 28 heteroatoms. The molecule has 4 heterocycles. The number of hydrogen-bond acceptors (Lipinski definition) is 20. The van der Waals surface area contributed by atoms with E-state index in [-0.39, 0.29) is 64.0 Å². The fourth-order valence-corrected chi connectivity index (χ4v) is 5.92. The van der Waals surface area contributed by atoms with Crippen molar-refractivity contribution in [3.05, 3.63) is 111 Å². The van der Waals surface area contributed by atoms with Gasteiger partial charge in [-0.25, -0.2) is 57.2 Å². The van der Waals surface area contributed by atoms with Crippen LogP contribution in [0, 0.1) is 76.2 Å². The standard InChI is InChI=1S/2C22H26N4O2.CH4O.2ClHO4.NO3.Sm/c2*1-3-5-13-23-21(27)17-11-9-15-7-8-16-10-12-18(22(28)24-14-6-4-2)26-20(16)19(15)25-17;1-2;2*2-1(3,4)5;2-1(3)4;/h2*7-12H,3-6,13-14H2,1-2H3,(H,23,27)(H,24,28);2H,1H3;2*(H,2,3,4,5);;/q;;;;;-1;+3/p-2. The number of nitrogens with zero attached hydrogens (tertiary/aromatic N) is 5. The molecule has 0 aliphatic heterocycles. The van der Waals surface area contributed by atoms with Crippen molar-refractivity contribution < 1.29 is 128 Å². The van der Waals surface area contributed by atoms with Crippen LogP contribution in [-0.2, 0) is 0 Å². The Morgan fingerprint density at radius 1 is 0.425 bits per heavy atom. The van der Waals surface area contributed by atoms with Gasteiger partial charge in [0, 0.05) is 54.8 Å². The van der Waals surface area contributed by atoms with E-state index in [2.05, 4.69) is 68.9 Å². The fourth-order valence-electron chi connectivity index (χ4n) is 5.92. The van der Waals surface area contributed by atoms with E-state index in [0.717, 1.165) is 80.0 Å². The SMILES string of the molecule is CCCCNC(=O)c1ccc2ccc3ccc(C(=O)NCCCC)nc3c2n1.CCCCNC(=O)c1ccc2ccc3ccc(C(=O)NCCCC)nc3c2n1.CO.O=[N+]([O-])[O-].[O-][Cl+3]([O-])([O-])[O-].[O-][Cl+3]([O-])([O-])[O-].[Sm+3]. The van der Waals surface area contributed by atoms with Gasteiger partial charge in [-0.15, -0.1) is 20.5 Å². The number of aliphatic hydroxyl groups excluding tert-OH is 1. The molecule has 1 radical (unpaired) electrons.